The summed E-state index contributed by atoms with van der Waals surface area (Å²) in [5.41, 5.74) is 0.128. The van der Waals surface area contributed by atoms with Gasteiger partial charge in [0.05, 0.1) is 18.8 Å². The second-order valence-corrected chi connectivity index (χ2v) is 8.69. The molecule has 1 spiro atoms. The van der Waals surface area contributed by atoms with Gasteiger partial charge >= 0.3 is 0 Å². The van der Waals surface area contributed by atoms with Crippen LogP contribution in [0.25, 0.3) is 0 Å². The number of ether oxygens (including phenoxy) is 1. The number of benzene rings is 1. The first-order chi connectivity index (χ1) is 13.5. The van der Waals surface area contributed by atoms with Crippen LogP contribution >= 0.6 is 11.6 Å². The largest absolute Gasteiger partial charge is 0.378 e. The van der Waals surface area contributed by atoms with Gasteiger partial charge in [0.15, 0.2) is 0 Å². The van der Waals surface area contributed by atoms with Gasteiger partial charge in [0.2, 0.25) is 5.91 Å². The molecular formula is C21H26ClFN2O3. The lowest BCUT2D eigenvalue weighted by atomic mass is 9.62. The Morgan fingerprint density at radius 1 is 1.21 bits per heavy atom. The number of nitrogens with zero attached hydrogens (tertiary/aromatic N) is 2. The maximum atomic E-state index is 14.2. The fourth-order valence-electron chi connectivity index (χ4n) is 4.88. The summed E-state index contributed by atoms with van der Waals surface area (Å²) in [5, 5.41) is 0.356. The molecule has 0 radical (unpaired) electrons. The lowest BCUT2D eigenvalue weighted by Crippen LogP contribution is -2.42. The molecule has 1 aliphatic carbocycles. The number of hydrogen-bond acceptors (Lipinski definition) is 3. The van der Waals surface area contributed by atoms with Crippen molar-refractivity contribution < 1.29 is 18.7 Å². The summed E-state index contributed by atoms with van der Waals surface area (Å²) >= 11 is 5.96. The lowest BCUT2D eigenvalue weighted by molar-refractivity contribution is -0.135. The Balaban J connectivity index is 1.42. The van der Waals surface area contributed by atoms with E-state index in [1.807, 2.05) is 4.90 Å². The van der Waals surface area contributed by atoms with Gasteiger partial charge < -0.3 is 14.5 Å². The van der Waals surface area contributed by atoms with Gasteiger partial charge in [-0.05, 0) is 48.8 Å². The van der Waals surface area contributed by atoms with E-state index in [-0.39, 0.29) is 28.7 Å². The first-order valence-electron chi connectivity index (χ1n) is 10.1. The normalized spacial score (nSPS) is 23.7. The van der Waals surface area contributed by atoms with Gasteiger partial charge in [-0.15, -0.1) is 0 Å². The number of carbonyl (C=O) groups excluding carboxylic acids is 2. The van der Waals surface area contributed by atoms with Gasteiger partial charge in [-0.3, -0.25) is 9.59 Å². The third-order valence-corrected chi connectivity index (χ3v) is 6.91. The van der Waals surface area contributed by atoms with Crippen LogP contribution in [-0.4, -0.2) is 61.0 Å². The Kier molecular flexibility index (Phi) is 5.61. The summed E-state index contributed by atoms with van der Waals surface area (Å²) in [6.07, 6.45) is 4.58. The third kappa shape index (κ3) is 3.77. The summed E-state index contributed by atoms with van der Waals surface area (Å²) in [6, 6.07) is 4.09. The van der Waals surface area contributed by atoms with E-state index in [2.05, 4.69) is 0 Å². The number of rotatable bonds is 4. The average Bonchev–Trinajstić information content (AvgIpc) is 3.08. The Hall–Kier alpha value is -1.66. The molecule has 1 aromatic rings. The monoisotopic (exact) mass is 408 g/mol. The van der Waals surface area contributed by atoms with Gasteiger partial charge in [-0.2, -0.15) is 0 Å². The molecule has 1 atom stereocenters. The summed E-state index contributed by atoms with van der Waals surface area (Å²) < 4.78 is 19.5. The molecule has 4 rings (SSSR count). The molecule has 7 heteroatoms. The van der Waals surface area contributed by atoms with Gasteiger partial charge in [0.1, 0.15) is 5.82 Å². The quantitative estimate of drug-likeness (QED) is 0.767. The van der Waals surface area contributed by atoms with E-state index in [1.165, 1.54) is 18.2 Å². The van der Waals surface area contributed by atoms with E-state index in [0.29, 0.717) is 50.8 Å². The number of likely N-dealkylation sites (tertiary alicyclic amines) is 1. The number of hydrogen-bond donors (Lipinski definition) is 0. The van der Waals surface area contributed by atoms with Crippen LogP contribution in [-0.2, 0) is 9.53 Å². The standard InChI is InChI=1S/C21H26ClFN2O3/c22-16-3-4-18(23)17(12-16)20(27)25-13-15(21(14-25)6-1-7-21)2-5-19(26)24-8-10-28-11-9-24/h3-4,12,15H,1-2,5-11,13-14H2. The van der Waals surface area contributed by atoms with Crippen molar-refractivity contribution in [3.05, 3.63) is 34.6 Å². The second kappa shape index (κ2) is 7.99. The molecule has 5 nitrogen and oxygen atoms in total. The zero-order chi connectivity index (χ0) is 19.7. The first-order valence-corrected chi connectivity index (χ1v) is 10.5. The van der Waals surface area contributed by atoms with Gasteiger partial charge in [-0.25, -0.2) is 4.39 Å². The molecule has 1 aromatic carbocycles. The molecule has 152 valence electrons. The minimum atomic E-state index is -0.539. The van der Waals surface area contributed by atoms with E-state index in [0.717, 1.165) is 25.7 Å². The fraction of sp³-hybridized carbons (Fsp3) is 0.619. The van der Waals surface area contributed by atoms with Crippen LogP contribution in [0.15, 0.2) is 18.2 Å². The van der Waals surface area contributed by atoms with Crippen LogP contribution in [0, 0.1) is 17.2 Å². The van der Waals surface area contributed by atoms with Crippen LogP contribution in [0.4, 0.5) is 4.39 Å². The van der Waals surface area contributed by atoms with Crippen LogP contribution in [0.5, 0.6) is 0 Å². The Morgan fingerprint density at radius 2 is 1.96 bits per heavy atom. The Bertz CT molecular complexity index is 762. The van der Waals surface area contributed by atoms with Crippen molar-refractivity contribution >= 4 is 23.4 Å². The highest BCUT2D eigenvalue weighted by atomic mass is 35.5. The van der Waals surface area contributed by atoms with E-state index in [4.69, 9.17) is 16.3 Å². The van der Waals surface area contributed by atoms with E-state index in [9.17, 15) is 14.0 Å². The first kappa shape index (κ1) is 19.6. The molecule has 28 heavy (non-hydrogen) atoms. The summed E-state index contributed by atoms with van der Waals surface area (Å²) in [4.78, 5) is 29.1. The number of halogens is 2. The Labute approximate surface area is 169 Å². The molecule has 2 heterocycles. The zero-order valence-corrected chi connectivity index (χ0v) is 16.7. The molecule has 3 aliphatic rings. The van der Waals surface area contributed by atoms with Crippen molar-refractivity contribution in [3.8, 4) is 0 Å². The SMILES string of the molecule is O=C(CCC1CN(C(=O)c2cc(Cl)ccc2F)CC12CCC2)N1CCOCC1. The predicted octanol–water partition coefficient (Wildman–Crippen LogP) is 3.36. The third-order valence-electron chi connectivity index (χ3n) is 6.68. The van der Waals surface area contributed by atoms with E-state index in [1.54, 1.807) is 4.90 Å². The zero-order valence-electron chi connectivity index (χ0n) is 16.0. The molecule has 0 aromatic heterocycles. The maximum Gasteiger partial charge on any atom is 0.256 e. The van der Waals surface area contributed by atoms with Crippen LogP contribution < -0.4 is 0 Å². The van der Waals surface area contributed by atoms with Crippen LogP contribution in [0.2, 0.25) is 5.02 Å². The molecule has 2 amide bonds. The van der Waals surface area contributed by atoms with Crippen molar-refractivity contribution in [3.63, 3.8) is 0 Å². The smallest absolute Gasteiger partial charge is 0.256 e. The van der Waals surface area contributed by atoms with Gasteiger partial charge in [0, 0.05) is 37.6 Å². The molecule has 0 N–H and O–H groups in total. The highest BCUT2D eigenvalue weighted by Gasteiger charge is 2.51. The predicted molar refractivity (Wildman–Crippen MR) is 104 cm³/mol. The van der Waals surface area contributed by atoms with Crippen molar-refractivity contribution in [2.75, 3.05) is 39.4 Å². The minimum absolute atomic E-state index is 0.0343. The molecule has 1 unspecified atom stereocenters. The highest BCUT2D eigenvalue weighted by Crippen LogP contribution is 2.53. The van der Waals surface area contributed by atoms with Crippen molar-refractivity contribution in [1.82, 2.24) is 9.80 Å². The summed E-state index contributed by atoms with van der Waals surface area (Å²) in [6.45, 7) is 3.76. The van der Waals surface area contributed by atoms with Gasteiger partial charge in [-0.1, -0.05) is 18.0 Å². The Morgan fingerprint density at radius 3 is 2.64 bits per heavy atom. The molecule has 0 bridgehead atoms. The van der Waals surface area contributed by atoms with E-state index >= 15 is 0 Å². The van der Waals surface area contributed by atoms with Crippen molar-refractivity contribution in [2.45, 2.75) is 32.1 Å². The summed E-state index contributed by atoms with van der Waals surface area (Å²) in [7, 11) is 0. The molecule has 2 aliphatic heterocycles. The average molecular weight is 409 g/mol. The van der Waals surface area contributed by atoms with Crippen LogP contribution in [0.3, 0.4) is 0 Å². The topological polar surface area (TPSA) is 49.9 Å². The highest BCUT2D eigenvalue weighted by molar-refractivity contribution is 6.31. The maximum absolute atomic E-state index is 14.2. The minimum Gasteiger partial charge on any atom is -0.378 e. The molecule has 3 fully saturated rings. The van der Waals surface area contributed by atoms with Crippen molar-refractivity contribution in [1.29, 1.82) is 0 Å². The number of morpholine rings is 1. The van der Waals surface area contributed by atoms with Crippen molar-refractivity contribution in [2.24, 2.45) is 11.3 Å². The van der Waals surface area contributed by atoms with E-state index < -0.39 is 5.82 Å². The van der Waals surface area contributed by atoms with Gasteiger partial charge in [0.25, 0.3) is 5.91 Å². The molecule has 2 saturated heterocycles. The number of amides is 2. The number of carbonyl (C=O) groups is 2. The summed E-state index contributed by atoms with van der Waals surface area (Å²) in [5.74, 6) is -0.378. The molecule has 1 saturated carbocycles. The fourth-order valence-corrected chi connectivity index (χ4v) is 5.06. The van der Waals surface area contributed by atoms with Crippen LogP contribution in [0.1, 0.15) is 42.5 Å². The molecular weight excluding hydrogens is 383 g/mol. The second-order valence-electron chi connectivity index (χ2n) is 8.25. The lowest BCUT2D eigenvalue weighted by Gasteiger charge is -2.43.